The fraction of sp³-hybridized carbons (Fsp3) is 0.364. The van der Waals surface area contributed by atoms with Crippen LogP contribution in [-0.2, 0) is 5.54 Å². The highest BCUT2D eigenvalue weighted by atomic mass is 19.1. The largest absolute Gasteiger partial charge is 0.367 e. The Morgan fingerprint density at radius 3 is 2.53 bits per heavy atom. The molecule has 1 atom stereocenters. The summed E-state index contributed by atoms with van der Waals surface area (Å²) in [7, 11) is 0. The second kappa shape index (κ2) is 6.43. The van der Waals surface area contributed by atoms with Crippen LogP contribution in [0.25, 0.3) is 10.9 Å². The Bertz CT molecular complexity index is 1280. The van der Waals surface area contributed by atoms with Crippen molar-refractivity contribution in [2.75, 3.05) is 23.8 Å². The molecule has 0 bridgehead atoms. The molecule has 0 spiro atoms. The predicted molar refractivity (Wildman–Crippen MR) is 115 cm³/mol. The summed E-state index contributed by atoms with van der Waals surface area (Å²) in [5.74, 6) is 5.19. The van der Waals surface area contributed by atoms with Gasteiger partial charge in [0.1, 0.15) is 5.82 Å². The number of halogens is 1. The average molecular weight is 409 g/mol. The van der Waals surface area contributed by atoms with Gasteiger partial charge >= 0.3 is 5.69 Å². The van der Waals surface area contributed by atoms with Crippen molar-refractivity contribution in [3.63, 3.8) is 0 Å². The topological polar surface area (TPSA) is 99.3 Å². The van der Waals surface area contributed by atoms with Crippen molar-refractivity contribution in [1.82, 2.24) is 9.24 Å². The van der Waals surface area contributed by atoms with E-state index >= 15 is 4.39 Å². The number of anilines is 1. The van der Waals surface area contributed by atoms with E-state index in [9.17, 15) is 9.59 Å². The van der Waals surface area contributed by atoms with Crippen LogP contribution in [0.2, 0.25) is 0 Å². The van der Waals surface area contributed by atoms with Crippen LogP contribution in [0.3, 0.4) is 0 Å². The standard InChI is InChI=1S/C22H24FN5O2/c1-13-18-16(20(29)28(25)21(30)27(18)15-7-8-15)11-17(23)19(13)26-10-9-22(24,12-26)14-5-3-2-4-6-14/h2-6,11,15H,7-10,12,24-25H2,1H3. The van der Waals surface area contributed by atoms with Gasteiger partial charge in [-0.1, -0.05) is 30.3 Å². The minimum absolute atomic E-state index is 0.0103. The summed E-state index contributed by atoms with van der Waals surface area (Å²) >= 11 is 0. The van der Waals surface area contributed by atoms with E-state index in [2.05, 4.69) is 0 Å². The van der Waals surface area contributed by atoms with E-state index in [0.717, 1.165) is 18.4 Å². The highest BCUT2D eigenvalue weighted by molar-refractivity contribution is 5.87. The van der Waals surface area contributed by atoms with Crippen LogP contribution in [0.5, 0.6) is 0 Å². The van der Waals surface area contributed by atoms with Gasteiger partial charge in [-0.2, -0.15) is 4.68 Å². The van der Waals surface area contributed by atoms with Crippen LogP contribution < -0.4 is 27.7 Å². The molecule has 1 aromatic heterocycles. The number of benzene rings is 2. The lowest BCUT2D eigenvalue weighted by Gasteiger charge is -2.28. The van der Waals surface area contributed by atoms with Crippen LogP contribution in [0.15, 0.2) is 46.0 Å². The normalized spacial score (nSPS) is 21.5. The number of aryl methyl sites for hydroxylation is 1. The number of nitrogen functional groups attached to an aromatic ring is 1. The number of nitrogens with two attached hydrogens (primary N) is 2. The Kier molecular flexibility index (Phi) is 4.05. The van der Waals surface area contributed by atoms with Gasteiger partial charge in [-0.25, -0.2) is 9.18 Å². The van der Waals surface area contributed by atoms with Gasteiger partial charge in [0.25, 0.3) is 5.56 Å². The van der Waals surface area contributed by atoms with Crippen LogP contribution in [0.4, 0.5) is 10.1 Å². The van der Waals surface area contributed by atoms with Crippen molar-refractivity contribution in [3.8, 4) is 0 Å². The molecular formula is C22H24FN5O2. The predicted octanol–water partition coefficient (Wildman–Crippen LogP) is 1.72. The molecule has 7 nitrogen and oxygen atoms in total. The molecule has 1 aliphatic heterocycles. The van der Waals surface area contributed by atoms with E-state index in [-0.39, 0.29) is 11.4 Å². The molecule has 2 fully saturated rings. The van der Waals surface area contributed by atoms with E-state index in [0.29, 0.717) is 41.0 Å². The monoisotopic (exact) mass is 409 g/mol. The van der Waals surface area contributed by atoms with Gasteiger partial charge in [0.2, 0.25) is 0 Å². The zero-order chi connectivity index (χ0) is 21.2. The Morgan fingerprint density at radius 1 is 1.17 bits per heavy atom. The van der Waals surface area contributed by atoms with E-state index < -0.39 is 22.6 Å². The zero-order valence-electron chi connectivity index (χ0n) is 16.8. The number of aromatic nitrogens is 2. The van der Waals surface area contributed by atoms with Crippen molar-refractivity contribution >= 4 is 16.6 Å². The molecule has 4 N–H and O–H groups in total. The third kappa shape index (κ3) is 2.67. The van der Waals surface area contributed by atoms with Gasteiger partial charge < -0.3 is 16.5 Å². The van der Waals surface area contributed by atoms with Crippen molar-refractivity contribution in [2.45, 2.75) is 37.8 Å². The van der Waals surface area contributed by atoms with Crippen LogP contribution >= 0.6 is 0 Å². The lowest BCUT2D eigenvalue weighted by Crippen LogP contribution is -2.45. The fourth-order valence-electron chi connectivity index (χ4n) is 4.75. The lowest BCUT2D eigenvalue weighted by molar-refractivity contribution is 0.498. The van der Waals surface area contributed by atoms with E-state index in [1.165, 1.54) is 6.07 Å². The van der Waals surface area contributed by atoms with E-state index in [1.807, 2.05) is 35.2 Å². The van der Waals surface area contributed by atoms with Crippen molar-refractivity contribution in [3.05, 3.63) is 74.2 Å². The van der Waals surface area contributed by atoms with Crippen molar-refractivity contribution < 1.29 is 4.39 Å². The molecule has 8 heteroatoms. The maximum atomic E-state index is 15.3. The highest BCUT2D eigenvalue weighted by Crippen LogP contribution is 2.40. The van der Waals surface area contributed by atoms with Gasteiger partial charge in [-0.05, 0) is 37.8 Å². The molecule has 30 heavy (non-hydrogen) atoms. The summed E-state index contributed by atoms with van der Waals surface area (Å²) in [5.41, 5.74) is 7.30. The summed E-state index contributed by atoms with van der Waals surface area (Å²) in [4.78, 5) is 27.2. The summed E-state index contributed by atoms with van der Waals surface area (Å²) in [5, 5.41) is 0.129. The first-order valence-electron chi connectivity index (χ1n) is 10.2. The van der Waals surface area contributed by atoms with Gasteiger partial charge in [-0.3, -0.25) is 9.36 Å². The number of rotatable bonds is 3. The zero-order valence-corrected chi connectivity index (χ0v) is 16.8. The first-order valence-corrected chi connectivity index (χ1v) is 10.2. The Labute approximate surface area is 172 Å². The molecule has 5 rings (SSSR count). The molecule has 2 heterocycles. The molecule has 0 amide bonds. The van der Waals surface area contributed by atoms with Gasteiger partial charge in [0, 0.05) is 24.7 Å². The second-order valence-electron chi connectivity index (χ2n) is 8.48. The molecule has 3 aromatic rings. The lowest BCUT2D eigenvalue weighted by atomic mass is 9.90. The number of hydrogen-bond acceptors (Lipinski definition) is 5. The Morgan fingerprint density at radius 2 is 1.87 bits per heavy atom. The first kappa shape index (κ1) is 18.9. The van der Waals surface area contributed by atoms with E-state index in [1.54, 1.807) is 11.5 Å². The minimum Gasteiger partial charge on any atom is -0.367 e. The van der Waals surface area contributed by atoms with Crippen LogP contribution in [0, 0.1) is 12.7 Å². The maximum Gasteiger partial charge on any atom is 0.350 e. The first-order chi connectivity index (χ1) is 14.3. The van der Waals surface area contributed by atoms with Gasteiger partial charge in [0.05, 0.1) is 22.1 Å². The van der Waals surface area contributed by atoms with Gasteiger partial charge in [-0.15, -0.1) is 0 Å². The van der Waals surface area contributed by atoms with E-state index in [4.69, 9.17) is 11.6 Å². The summed E-state index contributed by atoms with van der Waals surface area (Å²) in [6.45, 7) is 2.79. The minimum atomic E-state index is -0.681. The van der Waals surface area contributed by atoms with Crippen LogP contribution in [-0.4, -0.2) is 22.3 Å². The molecule has 1 unspecified atom stereocenters. The van der Waals surface area contributed by atoms with Crippen molar-refractivity contribution in [2.24, 2.45) is 5.73 Å². The number of fused-ring (bicyclic) bond motifs is 1. The summed E-state index contributed by atoms with van der Waals surface area (Å²) in [6.07, 6.45) is 2.35. The molecule has 2 aromatic carbocycles. The molecule has 2 aliphatic rings. The van der Waals surface area contributed by atoms with Crippen molar-refractivity contribution in [1.29, 1.82) is 0 Å². The van der Waals surface area contributed by atoms with Gasteiger partial charge in [0.15, 0.2) is 0 Å². The average Bonchev–Trinajstić information content (AvgIpc) is 3.50. The third-order valence-corrected chi connectivity index (χ3v) is 6.44. The smallest absolute Gasteiger partial charge is 0.350 e. The summed E-state index contributed by atoms with van der Waals surface area (Å²) < 4.78 is 17.4. The molecule has 0 radical (unpaired) electrons. The summed E-state index contributed by atoms with van der Waals surface area (Å²) in [6, 6.07) is 11.0. The Balaban J connectivity index is 1.68. The fourth-order valence-corrected chi connectivity index (χ4v) is 4.75. The van der Waals surface area contributed by atoms with Crippen LogP contribution in [0.1, 0.15) is 36.4 Å². The Hall–Kier alpha value is -3.13. The number of hydrogen-bond donors (Lipinski definition) is 2. The third-order valence-electron chi connectivity index (χ3n) is 6.44. The quantitative estimate of drug-likeness (QED) is 0.642. The highest BCUT2D eigenvalue weighted by Gasteiger charge is 2.38. The molecule has 156 valence electrons. The second-order valence-corrected chi connectivity index (χ2v) is 8.48. The molecule has 1 saturated carbocycles. The molecular weight excluding hydrogens is 385 g/mol. The molecule has 1 aliphatic carbocycles. The SMILES string of the molecule is Cc1c(N2CCC(N)(c3ccccc3)C2)c(F)cc2c(=O)n(N)c(=O)n(C3CC3)c12. The molecule has 1 saturated heterocycles. The number of nitrogens with zero attached hydrogens (tertiary/aromatic N) is 3. The maximum absolute atomic E-state index is 15.3.